The molecule has 0 unspecified atom stereocenters. The van der Waals surface area contributed by atoms with Gasteiger partial charge in [-0.1, -0.05) is 103 Å². The molecule has 40 heavy (non-hydrogen) atoms. The van der Waals surface area contributed by atoms with Crippen LogP contribution in [0.3, 0.4) is 0 Å². The van der Waals surface area contributed by atoms with Gasteiger partial charge in [0.15, 0.2) is 5.58 Å². The molecule has 2 aromatic heterocycles. The van der Waals surface area contributed by atoms with E-state index in [1.807, 2.05) is 18.3 Å². The molecule has 6 aromatic carbocycles. The van der Waals surface area contributed by atoms with E-state index in [4.69, 9.17) is 9.40 Å². The Labute approximate surface area is 231 Å². The number of hydrogen-bond acceptors (Lipinski definition) is 3. The van der Waals surface area contributed by atoms with Gasteiger partial charge in [0.25, 0.3) is 0 Å². The Bertz CT molecular complexity index is 2160. The highest BCUT2D eigenvalue weighted by atomic mass is 16.3. The summed E-state index contributed by atoms with van der Waals surface area (Å²) in [5.41, 5.74) is 7.92. The first-order valence-corrected chi connectivity index (χ1v) is 13.5. The monoisotopic (exact) mass is 512 g/mol. The zero-order chi connectivity index (χ0) is 26.5. The second-order valence-electron chi connectivity index (χ2n) is 10.0. The zero-order valence-electron chi connectivity index (χ0n) is 21.7. The molecule has 3 heteroatoms. The predicted octanol–water partition coefficient (Wildman–Crippen LogP) is 10.4. The smallest absolute Gasteiger partial charge is 0.177 e. The van der Waals surface area contributed by atoms with Gasteiger partial charge in [0.05, 0.1) is 11.1 Å². The summed E-state index contributed by atoms with van der Waals surface area (Å²) in [5.74, 6) is 0. The number of hydrogen-bond donors (Lipinski definition) is 0. The van der Waals surface area contributed by atoms with Crippen LogP contribution in [0.1, 0.15) is 0 Å². The Hall–Kier alpha value is -5.41. The summed E-state index contributed by atoms with van der Waals surface area (Å²) in [6.45, 7) is 0. The molecule has 0 saturated heterocycles. The molecule has 0 radical (unpaired) electrons. The van der Waals surface area contributed by atoms with Crippen molar-refractivity contribution < 1.29 is 4.42 Å². The Morgan fingerprint density at radius 2 is 1.20 bits per heavy atom. The summed E-state index contributed by atoms with van der Waals surface area (Å²) in [6.07, 6.45) is 1.89. The highest BCUT2D eigenvalue weighted by Crippen LogP contribution is 2.43. The summed E-state index contributed by atoms with van der Waals surface area (Å²) in [5, 5.41) is 5.76. The number of nitrogens with zero attached hydrogens (tertiary/aromatic N) is 2. The van der Waals surface area contributed by atoms with E-state index < -0.39 is 0 Å². The van der Waals surface area contributed by atoms with Crippen molar-refractivity contribution >= 4 is 60.7 Å². The maximum Gasteiger partial charge on any atom is 0.177 e. The van der Waals surface area contributed by atoms with Crippen molar-refractivity contribution in [1.82, 2.24) is 4.98 Å². The first-order chi connectivity index (χ1) is 19.8. The van der Waals surface area contributed by atoms with Crippen molar-refractivity contribution in [2.75, 3.05) is 4.90 Å². The quantitative estimate of drug-likeness (QED) is 0.235. The molecule has 0 atom stereocenters. The first kappa shape index (κ1) is 22.6. The molecule has 0 aliphatic carbocycles. The van der Waals surface area contributed by atoms with Crippen LogP contribution in [-0.4, -0.2) is 4.98 Å². The lowest BCUT2D eigenvalue weighted by Gasteiger charge is -2.26. The normalized spacial score (nSPS) is 11.5. The van der Waals surface area contributed by atoms with Gasteiger partial charge < -0.3 is 9.32 Å². The van der Waals surface area contributed by atoms with Crippen LogP contribution in [0.25, 0.3) is 54.7 Å². The van der Waals surface area contributed by atoms with Crippen molar-refractivity contribution in [2.24, 2.45) is 0 Å². The van der Waals surface area contributed by atoms with Gasteiger partial charge >= 0.3 is 0 Å². The van der Waals surface area contributed by atoms with Crippen LogP contribution >= 0.6 is 0 Å². The standard InChI is InChI=1S/C37H24N2O/c1-2-8-25(9-3-1)27-14-18-30(19-15-27)39(31-20-16-26-10-4-5-12-29(26)24-31)33-22-23-38-36-35-32-13-7-6-11-28(32)17-21-34(35)40-37(33)36/h1-24H. The van der Waals surface area contributed by atoms with Crippen molar-refractivity contribution in [2.45, 2.75) is 0 Å². The Kier molecular flexibility index (Phi) is 5.14. The molecule has 8 aromatic rings. The fourth-order valence-electron chi connectivity index (χ4n) is 5.76. The van der Waals surface area contributed by atoms with E-state index in [0.717, 1.165) is 44.5 Å². The Balaban J connectivity index is 1.37. The van der Waals surface area contributed by atoms with Gasteiger partial charge in [-0.05, 0) is 69.1 Å². The topological polar surface area (TPSA) is 29.3 Å². The maximum absolute atomic E-state index is 6.59. The molecule has 0 fully saturated rings. The molecular weight excluding hydrogens is 488 g/mol. The number of pyridine rings is 1. The SMILES string of the molecule is c1ccc(-c2ccc(N(c3ccc4ccccc4c3)c3ccnc4c3oc3ccc5ccccc5c34)cc2)cc1. The minimum Gasteiger partial charge on any atom is -0.452 e. The van der Waals surface area contributed by atoms with Gasteiger partial charge in [-0.3, -0.25) is 4.98 Å². The largest absolute Gasteiger partial charge is 0.452 e. The number of fused-ring (bicyclic) bond motifs is 6. The van der Waals surface area contributed by atoms with Gasteiger partial charge in [-0.25, -0.2) is 0 Å². The average Bonchev–Trinajstić information content (AvgIpc) is 3.42. The molecule has 0 aliphatic heterocycles. The van der Waals surface area contributed by atoms with Crippen molar-refractivity contribution in [1.29, 1.82) is 0 Å². The first-order valence-electron chi connectivity index (χ1n) is 13.5. The van der Waals surface area contributed by atoms with Crippen LogP contribution in [0.15, 0.2) is 150 Å². The van der Waals surface area contributed by atoms with Gasteiger partial charge in [0.1, 0.15) is 11.1 Å². The van der Waals surface area contributed by atoms with Crippen LogP contribution in [0.5, 0.6) is 0 Å². The summed E-state index contributed by atoms with van der Waals surface area (Å²) in [7, 11) is 0. The maximum atomic E-state index is 6.59. The van der Waals surface area contributed by atoms with Crippen LogP contribution in [-0.2, 0) is 0 Å². The molecule has 2 heterocycles. The number of benzene rings is 6. The molecule has 0 saturated carbocycles. The van der Waals surface area contributed by atoms with E-state index in [1.165, 1.54) is 27.3 Å². The van der Waals surface area contributed by atoms with Crippen LogP contribution in [0.4, 0.5) is 17.1 Å². The molecule has 3 nitrogen and oxygen atoms in total. The number of aromatic nitrogens is 1. The number of anilines is 3. The van der Waals surface area contributed by atoms with Crippen LogP contribution < -0.4 is 4.90 Å². The second-order valence-corrected chi connectivity index (χ2v) is 10.0. The molecular formula is C37H24N2O. The molecule has 8 rings (SSSR count). The fraction of sp³-hybridized carbons (Fsp3) is 0. The van der Waals surface area contributed by atoms with Crippen LogP contribution in [0.2, 0.25) is 0 Å². The lowest BCUT2D eigenvalue weighted by molar-refractivity contribution is 0.668. The van der Waals surface area contributed by atoms with Crippen LogP contribution in [0, 0.1) is 0 Å². The molecule has 0 aliphatic rings. The average molecular weight is 513 g/mol. The van der Waals surface area contributed by atoms with E-state index in [9.17, 15) is 0 Å². The predicted molar refractivity (Wildman–Crippen MR) is 167 cm³/mol. The third-order valence-electron chi connectivity index (χ3n) is 7.69. The van der Waals surface area contributed by atoms with Crippen molar-refractivity contribution in [3.8, 4) is 11.1 Å². The third kappa shape index (κ3) is 3.63. The van der Waals surface area contributed by atoms with E-state index >= 15 is 0 Å². The fourth-order valence-corrected chi connectivity index (χ4v) is 5.76. The van der Waals surface area contributed by atoms with E-state index in [0.29, 0.717) is 0 Å². The van der Waals surface area contributed by atoms with Gasteiger partial charge in [-0.15, -0.1) is 0 Å². The summed E-state index contributed by atoms with van der Waals surface area (Å²) in [6, 6.07) is 48.9. The summed E-state index contributed by atoms with van der Waals surface area (Å²) in [4.78, 5) is 7.11. The Morgan fingerprint density at radius 1 is 0.525 bits per heavy atom. The molecule has 0 spiro atoms. The zero-order valence-corrected chi connectivity index (χ0v) is 21.7. The van der Waals surface area contributed by atoms with E-state index in [-0.39, 0.29) is 0 Å². The lowest BCUT2D eigenvalue weighted by Crippen LogP contribution is -2.10. The van der Waals surface area contributed by atoms with Crippen molar-refractivity contribution in [3.05, 3.63) is 146 Å². The molecule has 0 amide bonds. The summed E-state index contributed by atoms with van der Waals surface area (Å²) >= 11 is 0. The van der Waals surface area contributed by atoms with E-state index in [2.05, 4.69) is 132 Å². The minimum absolute atomic E-state index is 0.772. The number of rotatable bonds is 4. The molecule has 188 valence electrons. The third-order valence-corrected chi connectivity index (χ3v) is 7.69. The van der Waals surface area contributed by atoms with Gasteiger partial charge in [0.2, 0.25) is 0 Å². The van der Waals surface area contributed by atoms with Gasteiger partial charge in [-0.2, -0.15) is 0 Å². The number of furan rings is 1. The second kappa shape index (κ2) is 9.11. The van der Waals surface area contributed by atoms with Crippen molar-refractivity contribution in [3.63, 3.8) is 0 Å². The highest BCUT2D eigenvalue weighted by molar-refractivity contribution is 6.19. The van der Waals surface area contributed by atoms with E-state index in [1.54, 1.807) is 0 Å². The Morgan fingerprint density at radius 3 is 2.05 bits per heavy atom. The highest BCUT2D eigenvalue weighted by Gasteiger charge is 2.21. The molecule has 0 bridgehead atoms. The van der Waals surface area contributed by atoms with Gasteiger partial charge in [0, 0.05) is 17.6 Å². The minimum atomic E-state index is 0.772. The lowest BCUT2D eigenvalue weighted by atomic mass is 10.0. The summed E-state index contributed by atoms with van der Waals surface area (Å²) < 4.78 is 6.59. The molecule has 0 N–H and O–H groups in total.